The van der Waals surface area contributed by atoms with Gasteiger partial charge in [-0.25, -0.2) is 17.1 Å². The van der Waals surface area contributed by atoms with Crippen molar-refractivity contribution in [1.29, 1.82) is 0 Å². The number of rotatable bonds is 9. The first-order valence-electron chi connectivity index (χ1n) is 8.48. The Balaban J connectivity index is 1.88. The van der Waals surface area contributed by atoms with Gasteiger partial charge < -0.3 is 4.90 Å². The maximum Gasteiger partial charge on any atom is 0.242 e. The predicted molar refractivity (Wildman–Crippen MR) is 106 cm³/mol. The van der Waals surface area contributed by atoms with Crippen LogP contribution in [0.5, 0.6) is 0 Å². The number of amides is 1. The molecule has 27 heavy (non-hydrogen) atoms. The molecule has 9 heteroatoms. The van der Waals surface area contributed by atoms with E-state index in [1.165, 1.54) is 34.8 Å². The van der Waals surface area contributed by atoms with Crippen molar-refractivity contribution >= 4 is 38.9 Å². The monoisotopic (exact) mass is 432 g/mol. The number of hydrogen-bond donors (Lipinski definition) is 0. The molecule has 1 heterocycles. The van der Waals surface area contributed by atoms with Gasteiger partial charge in [0.1, 0.15) is 5.82 Å². The number of benzene rings is 1. The van der Waals surface area contributed by atoms with E-state index < -0.39 is 15.8 Å². The van der Waals surface area contributed by atoms with Gasteiger partial charge in [-0.1, -0.05) is 11.6 Å². The molecule has 5 nitrogen and oxygen atoms in total. The van der Waals surface area contributed by atoms with E-state index in [-0.39, 0.29) is 23.8 Å². The van der Waals surface area contributed by atoms with Gasteiger partial charge >= 0.3 is 0 Å². The molecule has 148 valence electrons. The van der Waals surface area contributed by atoms with Gasteiger partial charge in [-0.2, -0.15) is 0 Å². The highest BCUT2D eigenvalue weighted by Gasteiger charge is 2.21. The van der Waals surface area contributed by atoms with E-state index in [0.717, 1.165) is 17.0 Å². The molecule has 0 radical (unpaired) electrons. The average molecular weight is 433 g/mol. The first-order chi connectivity index (χ1) is 12.7. The molecule has 1 aromatic heterocycles. The summed E-state index contributed by atoms with van der Waals surface area (Å²) < 4.78 is 39.7. The zero-order chi connectivity index (χ0) is 20.0. The molecule has 0 saturated heterocycles. The van der Waals surface area contributed by atoms with Gasteiger partial charge in [0.15, 0.2) is 0 Å². The molecule has 0 spiro atoms. The van der Waals surface area contributed by atoms with Crippen LogP contribution < -0.4 is 0 Å². The van der Waals surface area contributed by atoms with Crippen molar-refractivity contribution in [2.75, 3.05) is 20.1 Å². The van der Waals surface area contributed by atoms with E-state index in [4.69, 9.17) is 11.6 Å². The van der Waals surface area contributed by atoms with Crippen LogP contribution >= 0.6 is 22.9 Å². The number of carbonyl (C=O) groups excluding carboxylic acids is 1. The lowest BCUT2D eigenvalue weighted by Gasteiger charge is -2.21. The zero-order valence-electron chi connectivity index (χ0n) is 15.2. The fourth-order valence-electron chi connectivity index (χ4n) is 2.52. The van der Waals surface area contributed by atoms with Crippen molar-refractivity contribution < 1.29 is 17.6 Å². The van der Waals surface area contributed by atoms with Crippen molar-refractivity contribution in [3.8, 4) is 0 Å². The van der Waals surface area contributed by atoms with Gasteiger partial charge in [0.25, 0.3) is 0 Å². The van der Waals surface area contributed by atoms with Crippen LogP contribution in [0.2, 0.25) is 4.34 Å². The largest absolute Gasteiger partial charge is 0.338 e. The van der Waals surface area contributed by atoms with E-state index >= 15 is 0 Å². The first kappa shape index (κ1) is 21.8. The third-order valence-corrected chi connectivity index (χ3v) is 7.18. The minimum atomic E-state index is -3.70. The fraction of sp³-hybridized carbons (Fsp3) is 0.389. The lowest BCUT2D eigenvalue weighted by molar-refractivity contribution is -0.131. The van der Waals surface area contributed by atoms with E-state index in [1.54, 1.807) is 11.0 Å². The Kier molecular flexibility index (Phi) is 7.79. The number of carbonyl (C=O) groups is 1. The second-order valence-electron chi connectivity index (χ2n) is 6.00. The third-order valence-electron chi connectivity index (χ3n) is 4.10. The Morgan fingerprint density at radius 2 is 1.85 bits per heavy atom. The van der Waals surface area contributed by atoms with Crippen molar-refractivity contribution in [2.45, 2.75) is 31.2 Å². The van der Waals surface area contributed by atoms with Gasteiger partial charge in [-0.05, 0) is 49.7 Å². The van der Waals surface area contributed by atoms with Gasteiger partial charge in [0.2, 0.25) is 15.9 Å². The van der Waals surface area contributed by atoms with Gasteiger partial charge in [-0.15, -0.1) is 11.3 Å². The van der Waals surface area contributed by atoms with Gasteiger partial charge in [-0.3, -0.25) is 4.79 Å². The van der Waals surface area contributed by atoms with Crippen LogP contribution in [0.3, 0.4) is 0 Å². The first-order valence-corrected chi connectivity index (χ1v) is 11.1. The van der Waals surface area contributed by atoms with Gasteiger partial charge in [0, 0.05) is 31.4 Å². The molecular formula is C18H22ClFN2O3S2. The molecule has 0 unspecified atom stereocenters. The molecule has 0 aliphatic rings. The Hall–Kier alpha value is -1.48. The van der Waals surface area contributed by atoms with Crippen LogP contribution in [0.1, 0.15) is 24.6 Å². The number of thiophene rings is 1. The van der Waals surface area contributed by atoms with Crippen LogP contribution in [0.25, 0.3) is 0 Å². The maximum atomic E-state index is 13.0. The third kappa shape index (κ3) is 6.00. The Morgan fingerprint density at radius 1 is 1.19 bits per heavy atom. The van der Waals surface area contributed by atoms with E-state index in [2.05, 4.69) is 0 Å². The van der Waals surface area contributed by atoms with Crippen molar-refractivity contribution in [2.24, 2.45) is 0 Å². The molecule has 0 aliphatic carbocycles. The number of sulfonamides is 1. The summed E-state index contributed by atoms with van der Waals surface area (Å²) in [4.78, 5) is 15.2. The highest BCUT2D eigenvalue weighted by atomic mass is 35.5. The summed E-state index contributed by atoms with van der Waals surface area (Å²) in [5.41, 5.74) is 0. The zero-order valence-corrected chi connectivity index (χ0v) is 17.6. The summed E-state index contributed by atoms with van der Waals surface area (Å²) in [6.45, 7) is 3.17. The number of halogens is 2. The standard InChI is InChI=1S/C18H22ClFN2O3S2/c1-3-22(13-15-8-11-17(19)26-15)18(23)5-4-12-21(2)27(24,25)16-9-6-14(20)7-10-16/h6-11H,3-5,12-13H2,1-2H3. The summed E-state index contributed by atoms with van der Waals surface area (Å²) in [6, 6.07) is 8.39. The molecule has 0 saturated carbocycles. The molecule has 1 aromatic carbocycles. The topological polar surface area (TPSA) is 57.7 Å². The Morgan fingerprint density at radius 3 is 2.41 bits per heavy atom. The van der Waals surface area contributed by atoms with Gasteiger partial charge in [0.05, 0.1) is 15.8 Å². The van der Waals surface area contributed by atoms with Crippen LogP contribution in [0.4, 0.5) is 4.39 Å². The molecule has 2 rings (SSSR count). The molecule has 2 aromatic rings. The molecular weight excluding hydrogens is 411 g/mol. The normalized spacial score (nSPS) is 11.7. The average Bonchev–Trinajstić information content (AvgIpc) is 3.04. The van der Waals surface area contributed by atoms with Crippen LogP contribution in [-0.4, -0.2) is 43.7 Å². The number of nitrogens with zero attached hydrogens (tertiary/aromatic N) is 2. The number of hydrogen-bond acceptors (Lipinski definition) is 4. The van der Waals surface area contributed by atoms with Crippen molar-refractivity contribution in [3.05, 3.63) is 51.4 Å². The quantitative estimate of drug-likeness (QED) is 0.602. The summed E-state index contributed by atoms with van der Waals surface area (Å²) >= 11 is 7.36. The summed E-state index contributed by atoms with van der Waals surface area (Å²) in [5, 5.41) is 0. The maximum absolute atomic E-state index is 13.0. The molecule has 0 atom stereocenters. The predicted octanol–water partition coefficient (Wildman–Crippen LogP) is 3.99. The minimum absolute atomic E-state index is 0.0301. The second-order valence-corrected chi connectivity index (χ2v) is 9.84. The minimum Gasteiger partial charge on any atom is -0.338 e. The van der Waals surface area contributed by atoms with Crippen molar-refractivity contribution in [1.82, 2.24) is 9.21 Å². The summed E-state index contributed by atoms with van der Waals surface area (Å²) in [6.07, 6.45) is 0.647. The highest BCUT2D eigenvalue weighted by molar-refractivity contribution is 7.89. The molecule has 0 fully saturated rings. The Bertz CT molecular complexity index is 869. The molecule has 0 bridgehead atoms. The SMILES string of the molecule is CCN(Cc1ccc(Cl)s1)C(=O)CCCN(C)S(=O)(=O)c1ccc(F)cc1. The van der Waals surface area contributed by atoms with E-state index in [0.29, 0.717) is 23.8 Å². The van der Waals surface area contributed by atoms with Crippen LogP contribution in [0, 0.1) is 5.82 Å². The lowest BCUT2D eigenvalue weighted by atomic mass is 10.2. The molecule has 0 aliphatic heterocycles. The van der Waals surface area contributed by atoms with Crippen LogP contribution in [0.15, 0.2) is 41.3 Å². The highest BCUT2D eigenvalue weighted by Crippen LogP contribution is 2.23. The smallest absolute Gasteiger partial charge is 0.242 e. The second kappa shape index (κ2) is 9.64. The van der Waals surface area contributed by atoms with Crippen LogP contribution in [-0.2, 0) is 21.4 Å². The van der Waals surface area contributed by atoms with E-state index in [1.807, 2.05) is 13.0 Å². The van der Waals surface area contributed by atoms with E-state index in [9.17, 15) is 17.6 Å². The molecule has 0 N–H and O–H groups in total. The lowest BCUT2D eigenvalue weighted by Crippen LogP contribution is -2.32. The molecule has 1 amide bonds. The summed E-state index contributed by atoms with van der Waals surface area (Å²) in [5.74, 6) is -0.525. The Labute approximate surface area is 168 Å². The fourth-order valence-corrected chi connectivity index (χ4v) is 4.83. The summed E-state index contributed by atoms with van der Waals surface area (Å²) in [7, 11) is -2.24. The van der Waals surface area contributed by atoms with Crippen molar-refractivity contribution in [3.63, 3.8) is 0 Å².